The van der Waals surface area contributed by atoms with Crippen LogP contribution in [0.15, 0.2) is 30.3 Å². The average Bonchev–Trinajstić information content (AvgIpc) is 2.30. The van der Waals surface area contributed by atoms with Gasteiger partial charge in [0.2, 0.25) is 0 Å². The van der Waals surface area contributed by atoms with E-state index in [9.17, 15) is 5.11 Å². The molecular formula is C14H22O3. The molecule has 0 amide bonds. The second-order valence-electron chi connectivity index (χ2n) is 3.92. The normalized spacial score (nSPS) is 12.9. The molecule has 0 aromatic heterocycles. The third-order valence-electron chi connectivity index (χ3n) is 2.48. The smallest absolute Gasteiger partial charge is 0.160 e. The molecule has 96 valence electrons. The van der Waals surface area contributed by atoms with Crippen LogP contribution in [0.5, 0.6) is 0 Å². The zero-order valence-electron chi connectivity index (χ0n) is 10.6. The fourth-order valence-corrected chi connectivity index (χ4v) is 1.75. The van der Waals surface area contributed by atoms with Crippen LogP contribution in [-0.2, 0) is 15.9 Å². The number of aliphatic hydroxyl groups is 1. The van der Waals surface area contributed by atoms with Crippen LogP contribution in [0, 0.1) is 0 Å². The largest absolute Gasteiger partial charge is 0.393 e. The lowest BCUT2D eigenvalue weighted by Gasteiger charge is -2.20. The maximum absolute atomic E-state index is 9.97. The van der Waals surface area contributed by atoms with Crippen molar-refractivity contribution in [2.45, 2.75) is 39.1 Å². The molecule has 17 heavy (non-hydrogen) atoms. The summed E-state index contributed by atoms with van der Waals surface area (Å²) in [5, 5.41) is 9.97. The van der Waals surface area contributed by atoms with Crippen LogP contribution in [0.4, 0.5) is 0 Å². The fraction of sp³-hybridized carbons (Fsp3) is 0.571. The first-order valence-electron chi connectivity index (χ1n) is 6.21. The second-order valence-corrected chi connectivity index (χ2v) is 3.92. The van der Waals surface area contributed by atoms with E-state index in [1.807, 2.05) is 44.2 Å². The minimum absolute atomic E-state index is 0.302. The van der Waals surface area contributed by atoms with E-state index in [-0.39, 0.29) is 6.29 Å². The molecule has 0 spiro atoms. The molecule has 0 bridgehead atoms. The van der Waals surface area contributed by atoms with Crippen molar-refractivity contribution in [2.24, 2.45) is 0 Å². The summed E-state index contributed by atoms with van der Waals surface area (Å²) >= 11 is 0. The lowest BCUT2D eigenvalue weighted by molar-refractivity contribution is -0.152. The molecule has 0 heterocycles. The Morgan fingerprint density at radius 3 is 2.18 bits per heavy atom. The molecule has 0 radical (unpaired) electrons. The summed E-state index contributed by atoms with van der Waals surface area (Å²) in [4.78, 5) is 0. The second kappa shape index (κ2) is 8.23. The van der Waals surface area contributed by atoms with E-state index in [4.69, 9.17) is 9.47 Å². The van der Waals surface area contributed by atoms with E-state index in [0.29, 0.717) is 26.1 Å². The number of ether oxygens (including phenoxy) is 2. The van der Waals surface area contributed by atoms with Gasteiger partial charge in [-0.2, -0.15) is 0 Å². The van der Waals surface area contributed by atoms with Gasteiger partial charge in [-0.05, 0) is 25.8 Å². The van der Waals surface area contributed by atoms with Crippen LogP contribution < -0.4 is 0 Å². The van der Waals surface area contributed by atoms with Gasteiger partial charge in [0.25, 0.3) is 0 Å². The van der Waals surface area contributed by atoms with Gasteiger partial charge in [-0.25, -0.2) is 0 Å². The SMILES string of the molecule is CCOC(CC(O)Cc1ccccc1)OCC. The van der Waals surface area contributed by atoms with Crippen molar-refractivity contribution >= 4 is 0 Å². The van der Waals surface area contributed by atoms with Gasteiger partial charge < -0.3 is 14.6 Å². The summed E-state index contributed by atoms with van der Waals surface area (Å²) in [6.45, 7) is 5.05. The Hall–Kier alpha value is -0.900. The third-order valence-corrected chi connectivity index (χ3v) is 2.48. The van der Waals surface area contributed by atoms with Crippen LogP contribution in [0.1, 0.15) is 25.8 Å². The highest BCUT2D eigenvalue weighted by Gasteiger charge is 2.15. The van der Waals surface area contributed by atoms with Gasteiger partial charge in [0, 0.05) is 19.6 Å². The van der Waals surface area contributed by atoms with Gasteiger partial charge >= 0.3 is 0 Å². The predicted molar refractivity (Wildman–Crippen MR) is 67.8 cm³/mol. The highest BCUT2D eigenvalue weighted by Crippen LogP contribution is 2.10. The summed E-state index contributed by atoms with van der Waals surface area (Å²) in [6.07, 6.45) is 0.415. The minimum atomic E-state index is -0.430. The molecule has 1 aromatic carbocycles. The van der Waals surface area contributed by atoms with Gasteiger partial charge in [-0.1, -0.05) is 30.3 Å². The molecule has 0 aliphatic rings. The standard InChI is InChI=1S/C14H22O3/c1-3-16-14(17-4-2)11-13(15)10-12-8-6-5-7-9-12/h5-9,13-15H,3-4,10-11H2,1-2H3. The number of aliphatic hydroxyl groups excluding tert-OH is 1. The Labute approximate surface area is 103 Å². The zero-order chi connectivity index (χ0) is 12.5. The van der Waals surface area contributed by atoms with Gasteiger partial charge in [0.1, 0.15) is 0 Å². The first-order chi connectivity index (χ1) is 8.26. The van der Waals surface area contributed by atoms with Crippen LogP contribution in [-0.4, -0.2) is 30.7 Å². The Kier molecular flexibility index (Phi) is 6.86. The maximum Gasteiger partial charge on any atom is 0.160 e. The molecule has 0 aliphatic carbocycles. The van der Waals surface area contributed by atoms with E-state index >= 15 is 0 Å². The van der Waals surface area contributed by atoms with Gasteiger partial charge in [-0.15, -0.1) is 0 Å². The van der Waals surface area contributed by atoms with E-state index in [1.54, 1.807) is 0 Å². The summed E-state index contributed by atoms with van der Waals surface area (Å²) in [5.41, 5.74) is 1.13. The quantitative estimate of drug-likeness (QED) is 0.707. The van der Waals surface area contributed by atoms with Crippen molar-refractivity contribution in [3.8, 4) is 0 Å². The summed E-state index contributed by atoms with van der Waals surface area (Å²) in [5.74, 6) is 0. The fourth-order valence-electron chi connectivity index (χ4n) is 1.75. The average molecular weight is 238 g/mol. The van der Waals surface area contributed by atoms with Gasteiger partial charge in [0.05, 0.1) is 6.10 Å². The molecule has 1 atom stereocenters. The van der Waals surface area contributed by atoms with Gasteiger partial charge in [0.15, 0.2) is 6.29 Å². The molecule has 0 saturated carbocycles. The van der Waals surface area contributed by atoms with Crippen molar-refractivity contribution in [1.82, 2.24) is 0 Å². The van der Waals surface area contributed by atoms with Crippen molar-refractivity contribution in [3.63, 3.8) is 0 Å². The first-order valence-corrected chi connectivity index (χ1v) is 6.21. The molecule has 3 heteroatoms. The Balaban J connectivity index is 2.38. The highest BCUT2D eigenvalue weighted by atomic mass is 16.7. The molecule has 1 unspecified atom stereocenters. The maximum atomic E-state index is 9.97. The predicted octanol–water partition coefficient (Wildman–Crippen LogP) is 2.38. The monoisotopic (exact) mass is 238 g/mol. The van der Waals surface area contributed by atoms with Crippen molar-refractivity contribution < 1.29 is 14.6 Å². The van der Waals surface area contributed by atoms with E-state index < -0.39 is 6.10 Å². The molecule has 3 nitrogen and oxygen atoms in total. The molecular weight excluding hydrogens is 216 g/mol. The lowest BCUT2D eigenvalue weighted by Crippen LogP contribution is -2.25. The molecule has 0 fully saturated rings. The number of benzene rings is 1. The van der Waals surface area contributed by atoms with Crippen molar-refractivity contribution in [1.29, 1.82) is 0 Å². The van der Waals surface area contributed by atoms with Crippen molar-refractivity contribution in [3.05, 3.63) is 35.9 Å². The third kappa shape index (κ3) is 5.82. The van der Waals surface area contributed by atoms with E-state index in [0.717, 1.165) is 5.56 Å². The topological polar surface area (TPSA) is 38.7 Å². The lowest BCUT2D eigenvalue weighted by atomic mass is 10.1. The van der Waals surface area contributed by atoms with E-state index in [1.165, 1.54) is 0 Å². The van der Waals surface area contributed by atoms with Crippen LogP contribution in [0.3, 0.4) is 0 Å². The van der Waals surface area contributed by atoms with Gasteiger partial charge in [-0.3, -0.25) is 0 Å². The number of rotatable bonds is 8. The zero-order valence-corrected chi connectivity index (χ0v) is 10.6. The minimum Gasteiger partial charge on any atom is -0.393 e. The summed E-state index contributed by atoms with van der Waals surface area (Å²) < 4.78 is 10.8. The van der Waals surface area contributed by atoms with Crippen LogP contribution >= 0.6 is 0 Å². The molecule has 1 N–H and O–H groups in total. The van der Waals surface area contributed by atoms with E-state index in [2.05, 4.69) is 0 Å². The molecule has 0 saturated heterocycles. The first kappa shape index (κ1) is 14.2. The Bertz CT molecular complexity index is 281. The Morgan fingerprint density at radius 1 is 1.06 bits per heavy atom. The number of hydrogen-bond donors (Lipinski definition) is 1. The molecule has 1 rings (SSSR count). The summed E-state index contributed by atoms with van der Waals surface area (Å²) in [7, 11) is 0. The molecule has 0 aliphatic heterocycles. The summed E-state index contributed by atoms with van der Waals surface area (Å²) in [6, 6.07) is 9.95. The number of hydrogen-bond acceptors (Lipinski definition) is 3. The van der Waals surface area contributed by atoms with Crippen molar-refractivity contribution in [2.75, 3.05) is 13.2 Å². The molecule has 1 aromatic rings. The van der Waals surface area contributed by atoms with Crippen LogP contribution in [0.25, 0.3) is 0 Å². The van der Waals surface area contributed by atoms with Crippen LogP contribution in [0.2, 0.25) is 0 Å². The highest BCUT2D eigenvalue weighted by molar-refractivity contribution is 5.15. The Morgan fingerprint density at radius 2 is 1.65 bits per heavy atom.